The van der Waals surface area contributed by atoms with Crippen LogP contribution in [0, 0.1) is 0 Å². The third-order valence-electron chi connectivity index (χ3n) is 5.92. The molecule has 1 aliphatic heterocycles. The second-order valence-electron chi connectivity index (χ2n) is 7.78. The van der Waals surface area contributed by atoms with Gasteiger partial charge in [0.05, 0.1) is 11.8 Å². The quantitative estimate of drug-likeness (QED) is 0.502. The molecule has 0 amide bonds. The number of benzene rings is 1. The second kappa shape index (κ2) is 8.17. The Hall–Kier alpha value is -2.99. The predicted octanol–water partition coefficient (Wildman–Crippen LogP) is 4.04. The molecule has 6 heteroatoms. The number of hydrogen-bond acceptors (Lipinski definition) is 4. The van der Waals surface area contributed by atoms with Crippen molar-refractivity contribution >= 4 is 5.65 Å². The molecule has 0 spiro atoms. The van der Waals surface area contributed by atoms with Crippen molar-refractivity contribution in [2.45, 2.75) is 44.8 Å². The van der Waals surface area contributed by atoms with E-state index in [0.717, 1.165) is 36.5 Å². The van der Waals surface area contributed by atoms with Crippen LogP contribution in [0.4, 0.5) is 0 Å². The molecule has 29 heavy (non-hydrogen) atoms. The minimum atomic E-state index is 0.612. The van der Waals surface area contributed by atoms with E-state index in [2.05, 4.69) is 61.1 Å². The Balaban J connectivity index is 1.32. The Bertz CT molecular complexity index is 1070. The summed E-state index contributed by atoms with van der Waals surface area (Å²) in [6.45, 7) is 3.18. The minimum Gasteiger partial charge on any atom is -0.331 e. The molecule has 3 aromatic heterocycles. The lowest BCUT2D eigenvalue weighted by molar-refractivity contribution is 0.128. The number of nitrogens with zero attached hydrogens (tertiary/aromatic N) is 6. The summed E-state index contributed by atoms with van der Waals surface area (Å²) in [4.78, 5) is 11.8. The summed E-state index contributed by atoms with van der Waals surface area (Å²) < 4.78 is 4.05. The van der Waals surface area contributed by atoms with Crippen molar-refractivity contribution < 1.29 is 0 Å². The van der Waals surface area contributed by atoms with Gasteiger partial charge in [0, 0.05) is 43.9 Å². The van der Waals surface area contributed by atoms with Crippen LogP contribution < -0.4 is 0 Å². The van der Waals surface area contributed by atoms with Crippen molar-refractivity contribution in [3.05, 3.63) is 72.9 Å². The van der Waals surface area contributed by atoms with E-state index in [1.165, 1.54) is 31.4 Å². The number of piperidine rings is 1. The Morgan fingerprint density at radius 3 is 2.83 bits per heavy atom. The van der Waals surface area contributed by atoms with Crippen molar-refractivity contribution in [3.63, 3.8) is 0 Å². The molecule has 1 aromatic carbocycles. The molecule has 0 saturated carbocycles. The Morgan fingerprint density at radius 2 is 1.90 bits per heavy atom. The third kappa shape index (κ3) is 3.80. The van der Waals surface area contributed by atoms with Crippen molar-refractivity contribution in [2.75, 3.05) is 6.54 Å². The molecule has 0 N–H and O–H groups in total. The summed E-state index contributed by atoms with van der Waals surface area (Å²) >= 11 is 0. The van der Waals surface area contributed by atoms with Gasteiger partial charge in [-0.3, -0.25) is 4.90 Å². The highest BCUT2D eigenvalue weighted by Crippen LogP contribution is 2.25. The van der Waals surface area contributed by atoms with Gasteiger partial charge in [-0.2, -0.15) is 5.10 Å². The molecule has 0 radical (unpaired) electrons. The number of hydrogen-bond donors (Lipinski definition) is 0. The van der Waals surface area contributed by atoms with Gasteiger partial charge in [0.25, 0.3) is 0 Å². The SMILES string of the molecule is c1ccc(CN2CCCCC2CCn2ccnc2-c2cnn3cccnc23)cc1. The molecule has 4 heterocycles. The first-order chi connectivity index (χ1) is 14.4. The minimum absolute atomic E-state index is 0.612. The summed E-state index contributed by atoms with van der Waals surface area (Å²) in [5, 5.41) is 4.42. The number of fused-ring (bicyclic) bond motifs is 1. The average molecular weight is 387 g/mol. The van der Waals surface area contributed by atoms with Crippen LogP contribution in [0.3, 0.4) is 0 Å². The van der Waals surface area contributed by atoms with Gasteiger partial charge in [0.1, 0.15) is 5.82 Å². The van der Waals surface area contributed by atoms with Crippen LogP contribution in [-0.4, -0.2) is 41.6 Å². The first-order valence-electron chi connectivity index (χ1n) is 10.5. The largest absolute Gasteiger partial charge is 0.331 e. The molecule has 6 nitrogen and oxygen atoms in total. The maximum atomic E-state index is 4.62. The highest BCUT2D eigenvalue weighted by molar-refractivity contribution is 5.72. The zero-order valence-corrected chi connectivity index (χ0v) is 16.6. The molecule has 1 aliphatic rings. The Kier molecular flexibility index (Phi) is 5.09. The lowest BCUT2D eigenvalue weighted by atomic mass is 9.98. The molecule has 1 saturated heterocycles. The lowest BCUT2D eigenvalue weighted by Crippen LogP contribution is -2.39. The van der Waals surface area contributed by atoms with Crippen LogP contribution in [0.1, 0.15) is 31.2 Å². The Morgan fingerprint density at radius 1 is 0.966 bits per heavy atom. The second-order valence-corrected chi connectivity index (χ2v) is 7.78. The summed E-state index contributed by atoms with van der Waals surface area (Å²) in [5.41, 5.74) is 3.24. The first kappa shape index (κ1) is 18.1. The van der Waals surface area contributed by atoms with Crippen LogP contribution in [0.15, 0.2) is 67.4 Å². The van der Waals surface area contributed by atoms with Gasteiger partial charge in [-0.05, 0) is 37.4 Å². The third-order valence-corrected chi connectivity index (χ3v) is 5.92. The maximum absolute atomic E-state index is 4.62. The average Bonchev–Trinajstić information content (AvgIpc) is 3.40. The van der Waals surface area contributed by atoms with Crippen molar-refractivity contribution in [2.24, 2.45) is 0 Å². The van der Waals surface area contributed by atoms with Gasteiger partial charge < -0.3 is 4.57 Å². The topological polar surface area (TPSA) is 51.2 Å². The zero-order valence-electron chi connectivity index (χ0n) is 16.6. The monoisotopic (exact) mass is 386 g/mol. The van der Waals surface area contributed by atoms with E-state index in [9.17, 15) is 0 Å². The summed E-state index contributed by atoms with van der Waals surface area (Å²) in [6.07, 6.45) is 14.6. The number of aryl methyl sites for hydroxylation is 1. The van der Waals surface area contributed by atoms with Gasteiger partial charge >= 0.3 is 0 Å². The summed E-state index contributed by atoms with van der Waals surface area (Å²) in [7, 11) is 0. The van der Waals surface area contributed by atoms with Gasteiger partial charge in [-0.25, -0.2) is 14.5 Å². The smallest absolute Gasteiger partial charge is 0.165 e. The van der Waals surface area contributed by atoms with Crippen LogP contribution in [0.2, 0.25) is 0 Å². The fraction of sp³-hybridized carbons (Fsp3) is 0.348. The van der Waals surface area contributed by atoms with Crippen LogP contribution in [-0.2, 0) is 13.1 Å². The zero-order chi connectivity index (χ0) is 19.5. The van der Waals surface area contributed by atoms with E-state index in [-0.39, 0.29) is 0 Å². The molecule has 4 aromatic rings. The normalized spacial score (nSPS) is 17.7. The highest BCUT2D eigenvalue weighted by Gasteiger charge is 2.23. The van der Waals surface area contributed by atoms with Gasteiger partial charge in [0.2, 0.25) is 0 Å². The molecule has 0 bridgehead atoms. The van der Waals surface area contributed by atoms with Crippen LogP contribution in [0.5, 0.6) is 0 Å². The molecule has 1 unspecified atom stereocenters. The van der Waals surface area contributed by atoms with E-state index in [1.54, 1.807) is 10.7 Å². The number of imidazole rings is 1. The fourth-order valence-corrected chi connectivity index (χ4v) is 4.42. The van der Waals surface area contributed by atoms with Gasteiger partial charge in [-0.15, -0.1) is 0 Å². The standard InChI is InChI=1S/C23H26N6/c1-2-7-19(8-3-1)18-28-13-5-4-9-20(28)10-15-27-16-12-25-22(27)21-17-26-29-14-6-11-24-23(21)29/h1-3,6-8,11-12,14,16-17,20H,4-5,9-10,13,15,18H2. The van der Waals surface area contributed by atoms with Gasteiger partial charge in [0.15, 0.2) is 5.65 Å². The molecule has 5 rings (SSSR count). The Labute approximate surface area is 170 Å². The highest BCUT2D eigenvalue weighted by atomic mass is 15.2. The molecular formula is C23H26N6. The summed E-state index contributed by atoms with van der Waals surface area (Å²) in [6, 6.07) is 13.3. The van der Waals surface area contributed by atoms with E-state index >= 15 is 0 Å². The van der Waals surface area contributed by atoms with Crippen molar-refractivity contribution in [1.82, 2.24) is 29.0 Å². The van der Waals surface area contributed by atoms with E-state index in [4.69, 9.17) is 0 Å². The number of likely N-dealkylation sites (tertiary alicyclic amines) is 1. The molecule has 148 valence electrons. The van der Waals surface area contributed by atoms with E-state index in [1.807, 2.05) is 24.7 Å². The molecule has 0 aliphatic carbocycles. The predicted molar refractivity (Wildman–Crippen MR) is 113 cm³/mol. The molecule has 1 fully saturated rings. The summed E-state index contributed by atoms with van der Waals surface area (Å²) in [5.74, 6) is 0.948. The van der Waals surface area contributed by atoms with Crippen LogP contribution >= 0.6 is 0 Å². The van der Waals surface area contributed by atoms with Crippen LogP contribution in [0.25, 0.3) is 17.0 Å². The number of rotatable bonds is 6. The fourth-order valence-electron chi connectivity index (χ4n) is 4.42. The van der Waals surface area contributed by atoms with E-state index < -0.39 is 0 Å². The molecular weight excluding hydrogens is 360 g/mol. The molecule has 1 atom stereocenters. The lowest BCUT2D eigenvalue weighted by Gasteiger charge is -2.36. The van der Waals surface area contributed by atoms with Gasteiger partial charge in [-0.1, -0.05) is 36.8 Å². The first-order valence-corrected chi connectivity index (χ1v) is 10.5. The van der Waals surface area contributed by atoms with Crippen molar-refractivity contribution in [3.8, 4) is 11.4 Å². The maximum Gasteiger partial charge on any atom is 0.165 e. The number of aromatic nitrogens is 5. The van der Waals surface area contributed by atoms with E-state index in [0.29, 0.717) is 6.04 Å². The van der Waals surface area contributed by atoms with Crippen molar-refractivity contribution in [1.29, 1.82) is 0 Å².